The minimum absolute atomic E-state index is 0.0493. The summed E-state index contributed by atoms with van der Waals surface area (Å²) in [7, 11) is -7.13. The molecule has 1 N–H and O–H groups in total. The third-order valence-corrected chi connectivity index (χ3v) is 18.4. The zero-order valence-electron chi connectivity index (χ0n) is 52.1. The molecule has 22 heteroatoms. The molecular formula is C69H76N10O10S2. The lowest BCUT2D eigenvalue weighted by Gasteiger charge is -2.40. The normalized spacial score (nSPS) is 15.9. The first-order chi connectivity index (χ1) is 43.7. The lowest BCUT2D eigenvalue weighted by atomic mass is 9.97. The van der Waals surface area contributed by atoms with E-state index >= 15 is 0 Å². The Balaban J connectivity index is 0.000000178. The van der Waals surface area contributed by atoms with E-state index in [4.69, 9.17) is 34.4 Å². The van der Waals surface area contributed by atoms with Gasteiger partial charge in [-0.1, -0.05) is 94.4 Å². The quantitative estimate of drug-likeness (QED) is 0.0745. The van der Waals surface area contributed by atoms with Crippen LogP contribution in [0.15, 0.2) is 140 Å². The summed E-state index contributed by atoms with van der Waals surface area (Å²) in [5, 5.41) is 21.6. The van der Waals surface area contributed by atoms with E-state index in [2.05, 4.69) is 95.8 Å². The molecule has 4 aliphatic rings. The average molecular weight is 1270 g/mol. The number of β-amino-alcohol motifs (C(OH)–C–C–N with tert-alkyl or cyclic N) is 1. The highest BCUT2D eigenvalue weighted by atomic mass is 32.2. The number of hydrogen-bond donors (Lipinski definition) is 1. The van der Waals surface area contributed by atoms with Crippen LogP contribution in [0.4, 0.5) is 22.7 Å². The van der Waals surface area contributed by atoms with Crippen molar-refractivity contribution < 1.29 is 45.7 Å². The van der Waals surface area contributed by atoms with E-state index in [0.29, 0.717) is 57.4 Å². The van der Waals surface area contributed by atoms with Crippen LogP contribution < -0.4 is 19.6 Å². The second-order valence-corrected chi connectivity index (χ2v) is 28.9. The van der Waals surface area contributed by atoms with Crippen molar-refractivity contribution in [3.63, 3.8) is 0 Å². The monoisotopic (exact) mass is 1270 g/mol. The molecule has 20 nitrogen and oxygen atoms in total. The fourth-order valence-electron chi connectivity index (χ4n) is 12.0. The highest BCUT2D eigenvalue weighted by Gasteiger charge is 2.31. The van der Waals surface area contributed by atoms with Crippen LogP contribution in [-0.2, 0) is 40.5 Å². The maximum atomic E-state index is 13.4. The van der Waals surface area contributed by atoms with Crippen molar-refractivity contribution in [1.29, 1.82) is 0 Å². The standard InChI is InChI=1S/C38H41N5O5S.C31H35N5O5S/c1-26(2)37-36-33(28-12-14-29(15-13-28)41-16-18-47-19-17-41)21-34(35(44)25-49(3,45)46)39-38(36)43(40-37)31-11-7-10-30(20-31)42-22-32(23-42)48-24-27-8-5-4-6-9-27;1-20(2)30-29-26(21-7-9-22(10-8-21)34-11-13-41-14-12-34)16-27(28(38)19-42(3,39)40)32-31(29)36(33-30)24-6-4-5-23(15-24)35-17-25(37)18-35/h4-15,20-21,26,32H,16-19,22-25H2,1-3H3;4-10,15-16,20,25,37H,11-14,17-19H2,1-3H3. The number of pyridine rings is 2. The molecule has 0 saturated carbocycles. The average Bonchev–Trinajstić information content (AvgIpc) is 1.63. The Labute approximate surface area is 530 Å². The van der Waals surface area contributed by atoms with E-state index in [-0.39, 0.29) is 35.4 Å². The predicted octanol–water partition coefficient (Wildman–Crippen LogP) is 9.14. The number of sulfone groups is 2. The fourth-order valence-corrected chi connectivity index (χ4v) is 13.3. The Morgan fingerprint density at radius 1 is 0.516 bits per heavy atom. The van der Waals surface area contributed by atoms with Gasteiger partial charge in [-0.05, 0) is 112 Å². The third-order valence-electron chi connectivity index (χ3n) is 16.8. The molecule has 4 saturated heterocycles. The van der Waals surface area contributed by atoms with Crippen molar-refractivity contribution in [3.8, 4) is 33.6 Å². The van der Waals surface area contributed by atoms with Crippen molar-refractivity contribution >= 4 is 76.1 Å². The van der Waals surface area contributed by atoms with E-state index in [1.807, 2.05) is 78.9 Å². The van der Waals surface area contributed by atoms with Crippen molar-refractivity contribution in [2.75, 3.05) is 122 Å². The summed E-state index contributed by atoms with van der Waals surface area (Å²) in [4.78, 5) is 45.1. The minimum atomic E-state index is -3.57. The molecular weight excluding hydrogens is 1190 g/mol. The highest BCUT2D eigenvalue weighted by Crippen LogP contribution is 2.40. The Kier molecular flexibility index (Phi) is 18.3. The van der Waals surface area contributed by atoms with E-state index in [0.717, 1.165) is 136 Å². The number of morpholine rings is 2. The van der Waals surface area contributed by atoms with Gasteiger partial charge in [0.05, 0.1) is 78.8 Å². The molecule has 4 aliphatic heterocycles. The molecule has 0 aliphatic carbocycles. The summed E-state index contributed by atoms with van der Waals surface area (Å²) in [6, 6.07) is 46.0. The van der Waals surface area contributed by atoms with Crippen LogP contribution in [0.25, 0.3) is 55.7 Å². The molecule has 0 atom stereocenters. The summed E-state index contributed by atoms with van der Waals surface area (Å²) in [5.74, 6) is -2.26. The smallest absolute Gasteiger partial charge is 0.196 e. The Hall–Kier alpha value is -8.38. The molecule has 0 bridgehead atoms. The number of ether oxygens (including phenoxy) is 3. The lowest BCUT2D eigenvalue weighted by Crippen LogP contribution is -2.52. The summed E-state index contributed by atoms with van der Waals surface area (Å²) < 4.78 is 69.2. The molecule has 13 rings (SSSR count). The van der Waals surface area contributed by atoms with Crippen LogP contribution in [0.2, 0.25) is 0 Å². The van der Waals surface area contributed by atoms with Crippen LogP contribution >= 0.6 is 0 Å². The number of nitrogens with zero attached hydrogens (tertiary/aromatic N) is 10. The number of anilines is 4. The molecule has 0 spiro atoms. The van der Waals surface area contributed by atoms with Crippen molar-refractivity contribution in [3.05, 3.63) is 168 Å². The lowest BCUT2D eigenvalue weighted by molar-refractivity contribution is 0.0224. The SMILES string of the molecule is CC(C)c1nn(-c2cccc(N3CC(O)C3)c2)c2nc(C(=O)CS(C)(=O)=O)cc(-c3ccc(N4CCOCC4)cc3)c12.CC(C)c1nn(-c2cccc(N3CC(OCc4ccccc4)C3)c2)c2nc(C(=O)CS(C)(=O)=O)cc(-c3ccc(N4CCOCC4)cc3)c12. The van der Waals surface area contributed by atoms with Crippen LogP contribution in [0.1, 0.15) is 77.5 Å². The van der Waals surface area contributed by atoms with Crippen LogP contribution in [-0.4, -0.2) is 178 Å². The van der Waals surface area contributed by atoms with Gasteiger partial charge in [0.1, 0.15) is 22.9 Å². The number of aliphatic hydroxyl groups is 1. The summed E-state index contributed by atoms with van der Waals surface area (Å²) >= 11 is 0. The van der Waals surface area contributed by atoms with Crippen molar-refractivity contribution in [2.24, 2.45) is 0 Å². The van der Waals surface area contributed by atoms with Crippen molar-refractivity contribution in [1.82, 2.24) is 29.5 Å². The van der Waals surface area contributed by atoms with Gasteiger partial charge in [0.25, 0.3) is 0 Å². The number of benzene rings is 5. The highest BCUT2D eigenvalue weighted by molar-refractivity contribution is 7.91. The minimum Gasteiger partial charge on any atom is -0.389 e. The first-order valence-electron chi connectivity index (χ1n) is 30.9. The number of ketones is 2. The number of fused-ring (bicyclic) bond motifs is 2. The maximum Gasteiger partial charge on any atom is 0.196 e. The largest absolute Gasteiger partial charge is 0.389 e. The number of rotatable bonds is 19. The fraction of sp³-hybridized carbons (Fsp3) is 0.362. The number of carbonyl (C=O) groups is 2. The van der Waals surface area contributed by atoms with Crippen LogP contribution in [0.3, 0.4) is 0 Å². The van der Waals surface area contributed by atoms with Crippen molar-refractivity contribution in [2.45, 2.75) is 58.3 Å². The Morgan fingerprint density at radius 3 is 1.32 bits per heavy atom. The van der Waals surface area contributed by atoms with Gasteiger partial charge < -0.3 is 38.9 Å². The molecule has 4 fully saturated rings. The molecule has 9 aromatic rings. The molecule has 0 radical (unpaired) electrons. The van der Waals surface area contributed by atoms with E-state index in [9.17, 15) is 31.5 Å². The van der Waals surface area contributed by atoms with Gasteiger partial charge in [-0.25, -0.2) is 36.2 Å². The van der Waals surface area contributed by atoms with Gasteiger partial charge in [0.15, 0.2) is 42.5 Å². The molecule has 91 heavy (non-hydrogen) atoms. The first-order valence-corrected chi connectivity index (χ1v) is 35.0. The van der Waals surface area contributed by atoms with Gasteiger partial charge in [0.2, 0.25) is 0 Å². The molecule has 8 heterocycles. The second kappa shape index (κ2) is 26.5. The summed E-state index contributed by atoms with van der Waals surface area (Å²) in [6.45, 7) is 17.6. The molecule has 474 valence electrons. The van der Waals surface area contributed by atoms with Crippen LogP contribution in [0, 0.1) is 0 Å². The van der Waals surface area contributed by atoms with E-state index in [1.165, 1.54) is 0 Å². The molecule has 0 unspecified atom stereocenters. The topological polar surface area (TPSA) is 225 Å². The van der Waals surface area contributed by atoms with E-state index in [1.54, 1.807) is 21.5 Å². The maximum absolute atomic E-state index is 13.4. The molecule has 4 aromatic heterocycles. The number of Topliss-reactive ketones (excluding diaryl/α,β-unsaturated/α-hetero) is 2. The molecule has 0 amide bonds. The summed E-state index contributed by atoms with van der Waals surface area (Å²) in [6.07, 6.45) is 1.92. The predicted molar refractivity (Wildman–Crippen MR) is 356 cm³/mol. The van der Waals surface area contributed by atoms with Gasteiger partial charge in [-0.3, -0.25) is 9.59 Å². The van der Waals surface area contributed by atoms with Gasteiger partial charge >= 0.3 is 0 Å². The zero-order chi connectivity index (χ0) is 63.7. The van der Waals surface area contributed by atoms with E-state index < -0.39 is 42.7 Å². The number of hydrogen-bond acceptors (Lipinski definition) is 18. The van der Waals surface area contributed by atoms with Gasteiger partial charge in [0, 0.05) is 87.6 Å². The molecule has 5 aromatic carbocycles. The summed E-state index contributed by atoms with van der Waals surface area (Å²) in [5.41, 5.74) is 13.1. The van der Waals surface area contributed by atoms with Gasteiger partial charge in [-0.2, -0.15) is 10.2 Å². The third kappa shape index (κ3) is 14.2. The Morgan fingerprint density at radius 2 is 0.923 bits per heavy atom. The Bertz CT molecular complexity index is 4360. The number of aromatic nitrogens is 6. The van der Waals surface area contributed by atoms with Crippen LogP contribution in [0.5, 0.6) is 0 Å². The number of aliphatic hydroxyl groups excluding tert-OH is 1. The van der Waals surface area contributed by atoms with Gasteiger partial charge in [-0.15, -0.1) is 0 Å². The number of carbonyl (C=O) groups excluding carboxylic acids is 2. The zero-order valence-corrected chi connectivity index (χ0v) is 53.7. The second-order valence-electron chi connectivity index (χ2n) is 24.6. The first kappa shape index (κ1) is 62.8.